The van der Waals surface area contributed by atoms with Crippen molar-refractivity contribution in [3.05, 3.63) is 97.5 Å². The van der Waals surface area contributed by atoms with Crippen LogP contribution in [-0.2, 0) is 22.5 Å². The smallest absolute Gasteiger partial charge is 0.252 e. The van der Waals surface area contributed by atoms with E-state index in [1.165, 1.54) is 5.56 Å². The predicted molar refractivity (Wildman–Crippen MR) is 189 cm³/mol. The number of piperazine rings is 1. The maximum Gasteiger partial charge on any atom is 0.252 e. The molecule has 1 amide bonds. The van der Waals surface area contributed by atoms with E-state index in [2.05, 4.69) is 39.8 Å². The minimum atomic E-state index is -0.0596. The number of hydrogen-bond donors (Lipinski definition) is 2. The van der Waals surface area contributed by atoms with Crippen LogP contribution in [0, 0.1) is 6.92 Å². The van der Waals surface area contributed by atoms with Gasteiger partial charge in [0.05, 0.1) is 16.1 Å². The van der Waals surface area contributed by atoms with Crippen molar-refractivity contribution in [3.8, 4) is 11.5 Å². The number of benzene rings is 3. The van der Waals surface area contributed by atoms with Gasteiger partial charge in [-0.3, -0.25) is 4.79 Å². The lowest BCUT2D eigenvalue weighted by atomic mass is 9.83. The van der Waals surface area contributed by atoms with Gasteiger partial charge in [0.25, 0.3) is 5.91 Å². The van der Waals surface area contributed by atoms with Gasteiger partial charge in [-0.25, -0.2) is 0 Å². The van der Waals surface area contributed by atoms with E-state index in [1.54, 1.807) is 7.11 Å². The second kappa shape index (κ2) is 15.6. The molecular weight excluding hydrogens is 657 g/mol. The summed E-state index contributed by atoms with van der Waals surface area (Å²) in [5.41, 5.74) is 6.17. The minimum Gasteiger partial charge on any atom is -0.490 e. The number of amides is 1. The summed E-state index contributed by atoms with van der Waals surface area (Å²) >= 11 is 19.3. The second-order valence-corrected chi connectivity index (χ2v) is 13.9. The lowest BCUT2D eigenvalue weighted by Crippen LogP contribution is -2.60. The fraction of sp³-hybridized carbons (Fsp3) is 0.432. The maximum atomic E-state index is 14.6. The van der Waals surface area contributed by atoms with Gasteiger partial charge in [0.2, 0.25) is 0 Å². The monoisotopic (exact) mass is 697 g/mol. The van der Waals surface area contributed by atoms with E-state index in [-0.39, 0.29) is 24.0 Å². The molecule has 0 spiro atoms. The van der Waals surface area contributed by atoms with Gasteiger partial charge in [-0.15, -0.1) is 0 Å². The molecule has 7 nitrogen and oxygen atoms in total. The summed E-state index contributed by atoms with van der Waals surface area (Å²) in [4.78, 5) is 16.6. The largest absolute Gasteiger partial charge is 0.490 e. The topological polar surface area (TPSA) is 72.1 Å². The van der Waals surface area contributed by atoms with Crippen molar-refractivity contribution in [1.29, 1.82) is 0 Å². The highest BCUT2D eigenvalue weighted by Gasteiger charge is 2.41. The molecule has 1 saturated carbocycles. The molecule has 3 aromatic rings. The van der Waals surface area contributed by atoms with Gasteiger partial charge in [0, 0.05) is 56.0 Å². The third kappa shape index (κ3) is 8.45. The van der Waals surface area contributed by atoms with Crippen molar-refractivity contribution in [2.75, 3.05) is 40.0 Å². The van der Waals surface area contributed by atoms with Gasteiger partial charge in [0.15, 0.2) is 5.75 Å². The Hall–Kier alpha value is -2.78. The van der Waals surface area contributed by atoms with Crippen molar-refractivity contribution in [1.82, 2.24) is 15.5 Å². The molecule has 47 heavy (non-hydrogen) atoms. The molecule has 1 saturated heterocycles. The molecule has 2 N–H and O–H groups in total. The molecule has 6 rings (SSSR count). The molecule has 2 bridgehead atoms. The number of halogens is 3. The van der Waals surface area contributed by atoms with Crippen molar-refractivity contribution in [3.63, 3.8) is 0 Å². The molecule has 2 aliphatic heterocycles. The summed E-state index contributed by atoms with van der Waals surface area (Å²) in [5.74, 6) is 1.28. The van der Waals surface area contributed by atoms with Crippen LogP contribution in [0.1, 0.15) is 47.9 Å². The third-order valence-corrected chi connectivity index (χ3v) is 9.92. The van der Waals surface area contributed by atoms with Crippen LogP contribution in [0.25, 0.3) is 5.57 Å². The van der Waals surface area contributed by atoms with E-state index in [4.69, 9.17) is 49.0 Å². The van der Waals surface area contributed by atoms with Gasteiger partial charge < -0.3 is 29.7 Å². The van der Waals surface area contributed by atoms with E-state index in [0.717, 1.165) is 72.2 Å². The number of fused-ring (bicyclic) bond motifs is 2. The predicted octanol–water partition coefficient (Wildman–Crippen LogP) is 7.27. The van der Waals surface area contributed by atoms with Crippen molar-refractivity contribution < 1.29 is 19.0 Å². The SMILES string of the molecule is COCCCc1ccc(Cl)c(CN(C(=O)C2=C(c3ccc(OCCOc4c(Cl)cc(C)cc4Cl)cc3)C[C@H]3CNC[C@H]2N3)C2CC2)c1. The molecule has 0 radical (unpaired) electrons. The zero-order valence-electron chi connectivity index (χ0n) is 26.9. The first-order valence-corrected chi connectivity index (χ1v) is 17.5. The van der Waals surface area contributed by atoms with Crippen LogP contribution in [-0.4, -0.2) is 69.0 Å². The molecule has 2 heterocycles. The van der Waals surface area contributed by atoms with Gasteiger partial charge in [-0.1, -0.05) is 59.1 Å². The van der Waals surface area contributed by atoms with Crippen LogP contribution in [0.3, 0.4) is 0 Å². The zero-order chi connectivity index (χ0) is 32.9. The number of aryl methyl sites for hydroxylation is 2. The minimum absolute atomic E-state index is 0.0596. The van der Waals surface area contributed by atoms with Gasteiger partial charge in [-0.05, 0) is 97.2 Å². The summed E-state index contributed by atoms with van der Waals surface area (Å²) in [6.45, 7) is 5.36. The van der Waals surface area contributed by atoms with Gasteiger partial charge in [-0.2, -0.15) is 0 Å². The Morgan fingerprint density at radius 3 is 2.38 bits per heavy atom. The number of nitrogens with zero attached hydrogens (tertiary/aromatic N) is 1. The summed E-state index contributed by atoms with van der Waals surface area (Å²) in [7, 11) is 1.72. The van der Waals surface area contributed by atoms with Crippen LogP contribution < -0.4 is 20.1 Å². The van der Waals surface area contributed by atoms with Crippen molar-refractivity contribution in [2.45, 2.75) is 63.7 Å². The third-order valence-electron chi connectivity index (χ3n) is 8.99. The highest BCUT2D eigenvalue weighted by atomic mass is 35.5. The van der Waals surface area contributed by atoms with E-state index in [0.29, 0.717) is 53.7 Å². The molecule has 250 valence electrons. The Morgan fingerprint density at radius 2 is 1.66 bits per heavy atom. The fourth-order valence-corrected chi connectivity index (χ4v) is 7.42. The van der Waals surface area contributed by atoms with Gasteiger partial charge >= 0.3 is 0 Å². The first-order chi connectivity index (χ1) is 22.8. The molecule has 3 aliphatic rings. The molecule has 0 aromatic heterocycles. The van der Waals surface area contributed by atoms with Crippen LogP contribution in [0.2, 0.25) is 15.1 Å². The summed E-state index contributed by atoms with van der Waals surface area (Å²) < 4.78 is 17.0. The highest BCUT2D eigenvalue weighted by Crippen LogP contribution is 2.38. The molecule has 2 atom stereocenters. The number of nitrogens with one attached hydrogen (secondary N) is 2. The van der Waals surface area contributed by atoms with Crippen LogP contribution in [0.4, 0.5) is 0 Å². The maximum absolute atomic E-state index is 14.6. The van der Waals surface area contributed by atoms with Gasteiger partial charge in [0.1, 0.15) is 19.0 Å². The Kier molecular flexibility index (Phi) is 11.3. The van der Waals surface area contributed by atoms with E-state index >= 15 is 0 Å². The summed E-state index contributed by atoms with van der Waals surface area (Å²) in [5, 5.41) is 8.91. The molecule has 0 unspecified atom stereocenters. The quantitative estimate of drug-likeness (QED) is 0.173. The second-order valence-electron chi connectivity index (χ2n) is 12.6. The van der Waals surface area contributed by atoms with E-state index < -0.39 is 0 Å². The van der Waals surface area contributed by atoms with Crippen molar-refractivity contribution >= 4 is 46.3 Å². The number of carbonyl (C=O) groups excluding carboxylic acids is 1. The molecule has 10 heteroatoms. The standard InChI is InChI=1S/C37H42Cl3N3O4/c1-23-16-32(39)36(33(40)17-23)47-15-14-46-29-10-6-25(7-11-29)30-19-27-20-41-21-34(42-27)35(30)37(44)43(28-8-9-28)22-26-18-24(4-3-13-45-2)5-12-31(26)38/h5-7,10-12,16-18,27-28,34,41-42H,3-4,8-9,13-15,19-22H2,1-2H3/t27-,34+/m0/s1. The van der Waals surface area contributed by atoms with Crippen LogP contribution in [0.15, 0.2) is 60.2 Å². The lowest BCUT2D eigenvalue weighted by molar-refractivity contribution is -0.128. The molecule has 3 aromatic carbocycles. The number of rotatable bonds is 14. The Bertz CT molecular complexity index is 1590. The summed E-state index contributed by atoms with van der Waals surface area (Å²) in [6.07, 6.45) is 4.64. The average molecular weight is 699 g/mol. The van der Waals surface area contributed by atoms with E-state index in [9.17, 15) is 4.79 Å². The zero-order valence-corrected chi connectivity index (χ0v) is 29.2. The Labute approximate surface area is 292 Å². The first-order valence-electron chi connectivity index (χ1n) is 16.4. The fourth-order valence-electron chi connectivity index (χ4n) is 6.54. The average Bonchev–Trinajstić information content (AvgIpc) is 3.90. The molecule has 2 fully saturated rings. The van der Waals surface area contributed by atoms with Crippen molar-refractivity contribution in [2.24, 2.45) is 0 Å². The highest BCUT2D eigenvalue weighted by molar-refractivity contribution is 6.37. The van der Waals surface area contributed by atoms with Crippen LogP contribution in [0.5, 0.6) is 11.5 Å². The number of ether oxygens (including phenoxy) is 3. The number of methoxy groups -OCH3 is 1. The lowest BCUT2D eigenvalue weighted by Gasteiger charge is -2.41. The Morgan fingerprint density at radius 1 is 0.915 bits per heavy atom. The molecule has 1 aliphatic carbocycles. The number of carbonyl (C=O) groups is 1. The summed E-state index contributed by atoms with van der Waals surface area (Å²) in [6, 6.07) is 18.3. The first kappa shape index (κ1) is 34.1. The molecular formula is C37H42Cl3N3O4. The van der Waals surface area contributed by atoms with Crippen LogP contribution >= 0.6 is 34.8 Å². The number of hydrogen-bond acceptors (Lipinski definition) is 6. The van der Waals surface area contributed by atoms with E-state index in [1.807, 2.05) is 37.3 Å². The normalized spacial score (nSPS) is 19.1. The Balaban J connectivity index is 1.18.